The van der Waals surface area contributed by atoms with Crippen LogP contribution in [0.15, 0.2) is 0 Å². The van der Waals surface area contributed by atoms with E-state index in [9.17, 15) is 9.59 Å². The second kappa shape index (κ2) is 7.43. The molecule has 1 N–H and O–H groups in total. The van der Waals surface area contributed by atoms with Crippen LogP contribution in [0.5, 0.6) is 0 Å². The largest absolute Gasteiger partial charge is 0.351 e. The van der Waals surface area contributed by atoms with Crippen LogP contribution < -0.4 is 5.32 Å². The highest BCUT2D eigenvalue weighted by Crippen LogP contribution is 2.42. The van der Waals surface area contributed by atoms with Gasteiger partial charge in [-0.15, -0.1) is 0 Å². The smallest absolute Gasteiger partial charge is 0.230 e. The number of carbonyl (C=O) groups is 2. The summed E-state index contributed by atoms with van der Waals surface area (Å²) >= 11 is 1.59. The minimum absolute atomic E-state index is 0.182. The number of rotatable bonds is 5. The van der Waals surface area contributed by atoms with Gasteiger partial charge in [-0.2, -0.15) is 11.8 Å². The van der Waals surface area contributed by atoms with E-state index in [-0.39, 0.29) is 11.8 Å². The minimum atomic E-state index is 0.182. The number of hydrogen-bond donors (Lipinski definition) is 1. The van der Waals surface area contributed by atoms with Gasteiger partial charge in [-0.1, -0.05) is 0 Å². The monoisotopic (exact) mass is 339 g/mol. The maximum absolute atomic E-state index is 12.0. The summed E-state index contributed by atoms with van der Waals surface area (Å²) in [7, 11) is 0. The average molecular weight is 340 g/mol. The zero-order valence-corrected chi connectivity index (χ0v) is 15.1. The number of nitrogens with one attached hydrogen (secondary N) is 1. The second-order valence-electron chi connectivity index (χ2n) is 7.30. The van der Waals surface area contributed by atoms with Crippen molar-refractivity contribution >= 4 is 23.6 Å². The van der Waals surface area contributed by atoms with Gasteiger partial charge in [0, 0.05) is 45.2 Å². The lowest BCUT2D eigenvalue weighted by atomic mass is 9.98. The summed E-state index contributed by atoms with van der Waals surface area (Å²) in [6, 6.07) is 0.905. The lowest BCUT2D eigenvalue weighted by molar-refractivity contribution is -0.130. The summed E-state index contributed by atoms with van der Waals surface area (Å²) in [5.74, 6) is 2.39. The van der Waals surface area contributed by atoms with Crippen LogP contribution in [0.1, 0.15) is 32.6 Å². The van der Waals surface area contributed by atoms with Crippen molar-refractivity contribution in [3.05, 3.63) is 0 Å². The van der Waals surface area contributed by atoms with E-state index < -0.39 is 0 Å². The van der Waals surface area contributed by atoms with Gasteiger partial charge in [-0.3, -0.25) is 14.5 Å². The van der Waals surface area contributed by atoms with Crippen LogP contribution in [0.25, 0.3) is 0 Å². The summed E-state index contributed by atoms with van der Waals surface area (Å²) in [5, 5.41) is 3.28. The molecule has 0 radical (unpaired) electrons. The highest BCUT2D eigenvalue weighted by atomic mass is 32.2. The molecule has 0 spiro atoms. The Morgan fingerprint density at radius 1 is 1.13 bits per heavy atom. The van der Waals surface area contributed by atoms with E-state index in [1.54, 1.807) is 18.7 Å². The molecule has 2 amide bonds. The molecule has 1 saturated carbocycles. The van der Waals surface area contributed by atoms with Crippen LogP contribution in [-0.2, 0) is 9.59 Å². The Bertz CT molecular complexity index is 447. The summed E-state index contributed by atoms with van der Waals surface area (Å²) in [6.45, 7) is 5.55. The predicted octanol–water partition coefficient (Wildman–Crippen LogP) is 1.19. The minimum Gasteiger partial charge on any atom is -0.351 e. The quantitative estimate of drug-likeness (QED) is 0.817. The summed E-state index contributed by atoms with van der Waals surface area (Å²) in [5.41, 5.74) is 0. The fraction of sp³-hybridized carbons (Fsp3) is 0.882. The molecule has 3 fully saturated rings. The van der Waals surface area contributed by atoms with E-state index in [0.29, 0.717) is 23.8 Å². The first-order valence-electron chi connectivity index (χ1n) is 8.86. The number of amides is 2. The molecule has 0 unspecified atom stereocenters. The Balaban J connectivity index is 1.55. The van der Waals surface area contributed by atoms with Gasteiger partial charge in [-0.05, 0) is 43.8 Å². The Kier molecular flexibility index (Phi) is 5.52. The van der Waals surface area contributed by atoms with Crippen molar-refractivity contribution in [2.45, 2.75) is 44.7 Å². The Morgan fingerprint density at radius 2 is 1.83 bits per heavy atom. The molecule has 5 nitrogen and oxygen atoms in total. The molecule has 2 heterocycles. The molecular formula is C17H29N3O2S. The standard InChI is InChI=1S/C17H29N3O2S/c1-12(21)19-7-5-14(6-8-19)20-9-15(13-3-4-13)16(10-20)18-17(22)11-23-2/h13-16H,3-11H2,1-2H3,(H,18,22)/t15-,16+/m0/s1. The molecule has 6 heteroatoms. The maximum Gasteiger partial charge on any atom is 0.230 e. The number of thioether (sulfide) groups is 1. The fourth-order valence-electron chi connectivity index (χ4n) is 4.24. The van der Waals surface area contributed by atoms with Crippen molar-refractivity contribution in [2.75, 3.05) is 38.2 Å². The Hall–Kier alpha value is -0.750. The average Bonchev–Trinajstić information content (AvgIpc) is 3.29. The van der Waals surface area contributed by atoms with Crippen molar-refractivity contribution < 1.29 is 9.59 Å². The van der Waals surface area contributed by atoms with Crippen LogP contribution in [0.4, 0.5) is 0 Å². The first-order valence-corrected chi connectivity index (χ1v) is 10.3. The van der Waals surface area contributed by atoms with E-state index in [1.807, 2.05) is 11.2 Å². The van der Waals surface area contributed by atoms with Crippen LogP contribution in [0.2, 0.25) is 0 Å². The Labute approximate surface area is 143 Å². The molecule has 0 aromatic heterocycles. The van der Waals surface area contributed by atoms with Crippen LogP contribution >= 0.6 is 11.8 Å². The third-order valence-electron chi connectivity index (χ3n) is 5.67. The molecule has 23 heavy (non-hydrogen) atoms. The van der Waals surface area contributed by atoms with Crippen molar-refractivity contribution in [1.82, 2.24) is 15.1 Å². The van der Waals surface area contributed by atoms with Gasteiger partial charge in [0.2, 0.25) is 11.8 Å². The highest BCUT2D eigenvalue weighted by molar-refractivity contribution is 7.99. The normalized spacial score (nSPS) is 29.7. The molecular weight excluding hydrogens is 310 g/mol. The first kappa shape index (κ1) is 17.1. The van der Waals surface area contributed by atoms with Crippen LogP contribution in [0.3, 0.4) is 0 Å². The number of carbonyl (C=O) groups excluding carboxylic acids is 2. The molecule has 2 aliphatic heterocycles. The summed E-state index contributed by atoms with van der Waals surface area (Å²) in [6.07, 6.45) is 6.78. The van der Waals surface area contributed by atoms with Gasteiger partial charge in [0.25, 0.3) is 0 Å². The number of piperidine rings is 1. The zero-order chi connectivity index (χ0) is 16.4. The molecule has 0 aromatic rings. The molecule has 1 aliphatic carbocycles. The van der Waals surface area contributed by atoms with Gasteiger partial charge in [0.05, 0.1) is 5.75 Å². The molecule has 130 valence electrons. The second-order valence-corrected chi connectivity index (χ2v) is 8.17. The fourth-order valence-corrected chi connectivity index (χ4v) is 4.58. The van der Waals surface area contributed by atoms with E-state index in [2.05, 4.69) is 10.2 Å². The van der Waals surface area contributed by atoms with Gasteiger partial charge in [-0.25, -0.2) is 0 Å². The molecule has 2 saturated heterocycles. The molecule has 3 aliphatic rings. The van der Waals surface area contributed by atoms with Gasteiger partial charge < -0.3 is 10.2 Å². The van der Waals surface area contributed by atoms with Crippen LogP contribution in [0, 0.1) is 11.8 Å². The van der Waals surface area contributed by atoms with E-state index >= 15 is 0 Å². The van der Waals surface area contributed by atoms with Crippen molar-refractivity contribution in [3.63, 3.8) is 0 Å². The van der Waals surface area contributed by atoms with E-state index in [1.165, 1.54) is 12.8 Å². The topological polar surface area (TPSA) is 52.7 Å². The SMILES string of the molecule is CSCC(=O)N[C@@H]1CN(C2CCN(C(C)=O)CC2)C[C@H]1C1CC1. The van der Waals surface area contributed by atoms with E-state index in [0.717, 1.165) is 44.9 Å². The van der Waals surface area contributed by atoms with Gasteiger partial charge >= 0.3 is 0 Å². The lowest BCUT2D eigenvalue weighted by Gasteiger charge is -2.36. The number of likely N-dealkylation sites (tertiary alicyclic amines) is 2. The van der Waals surface area contributed by atoms with Gasteiger partial charge in [0.1, 0.15) is 0 Å². The zero-order valence-electron chi connectivity index (χ0n) is 14.3. The van der Waals surface area contributed by atoms with Crippen LogP contribution in [-0.4, -0.2) is 71.9 Å². The third kappa shape index (κ3) is 4.21. The Morgan fingerprint density at radius 3 is 2.39 bits per heavy atom. The summed E-state index contributed by atoms with van der Waals surface area (Å²) in [4.78, 5) is 28.0. The molecule has 0 bridgehead atoms. The molecule has 3 rings (SSSR count). The maximum atomic E-state index is 12.0. The first-order chi connectivity index (χ1) is 11.1. The molecule has 0 aromatic carbocycles. The number of nitrogens with zero attached hydrogens (tertiary/aromatic N) is 2. The lowest BCUT2D eigenvalue weighted by Crippen LogP contribution is -2.46. The highest BCUT2D eigenvalue weighted by Gasteiger charge is 2.44. The van der Waals surface area contributed by atoms with E-state index in [4.69, 9.17) is 0 Å². The van der Waals surface area contributed by atoms with Crippen molar-refractivity contribution in [3.8, 4) is 0 Å². The number of hydrogen-bond acceptors (Lipinski definition) is 4. The predicted molar refractivity (Wildman–Crippen MR) is 93.4 cm³/mol. The van der Waals surface area contributed by atoms with Gasteiger partial charge in [0.15, 0.2) is 0 Å². The summed E-state index contributed by atoms with van der Waals surface area (Å²) < 4.78 is 0. The molecule has 2 atom stereocenters. The third-order valence-corrected chi connectivity index (χ3v) is 6.22. The van der Waals surface area contributed by atoms with Crippen molar-refractivity contribution in [1.29, 1.82) is 0 Å². The van der Waals surface area contributed by atoms with Crippen molar-refractivity contribution in [2.24, 2.45) is 11.8 Å².